The third-order valence-electron chi connectivity index (χ3n) is 2.84. The lowest BCUT2D eigenvalue weighted by molar-refractivity contribution is 0.444. The van der Waals surface area contributed by atoms with Crippen molar-refractivity contribution < 1.29 is 8.42 Å². The average Bonchev–Trinajstić information content (AvgIpc) is 2.41. The molecule has 0 spiro atoms. The van der Waals surface area contributed by atoms with Crippen molar-refractivity contribution in [3.63, 3.8) is 0 Å². The molecular formula is C12H18N2O2S2. The molecule has 0 radical (unpaired) electrons. The molecule has 0 atom stereocenters. The van der Waals surface area contributed by atoms with Crippen molar-refractivity contribution in [1.29, 1.82) is 0 Å². The quantitative estimate of drug-likeness (QED) is 0.918. The van der Waals surface area contributed by atoms with Crippen LogP contribution in [0.15, 0.2) is 29.2 Å². The van der Waals surface area contributed by atoms with Gasteiger partial charge >= 0.3 is 0 Å². The lowest BCUT2D eigenvalue weighted by atomic mass is 10.3. The Hall–Kier alpha value is -0.720. The number of hydrogen-bond acceptors (Lipinski definition) is 4. The summed E-state index contributed by atoms with van der Waals surface area (Å²) in [5.74, 6) is 1.76. The second-order valence-electron chi connectivity index (χ2n) is 4.04. The van der Waals surface area contributed by atoms with E-state index >= 15 is 0 Å². The second-order valence-corrected chi connectivity index (χ2v) is 7.17. The van der Waals surface area contributed by atoms with Crippen LogP contribution in [0.2, 0.25) is 0 Å². The highest BCUT2D eigenvalue weighted by Crippen LogP contribution is 2.26. The second kappa shape index (κ2) is 5.95. The van der Waals surface area contributed by atoms with Crippen molar-refractivity contribution in [1.82, 2.24) is 4.31 Å². The summed E-state index contributed by atoms with van der Waals surface area (Å²) in [5, 5.41) is 3.11. The summed E-state index contributed by atoms with van der Waals surface area (Å²) < 4.78 is 26.7. The Kier molecular flexibility index (Phi) is 4.53. The van der Waals surface area contributed by atoms with Gasteiger partial charge < -0.3 is 5.32 Å². The Balaban J connectivity index is 2.34. The van der Waals surface area contributed by atoms with Crippen molar-refractivity contribution in [2.45, 2.75) is 11.8 Å². The normalized spacial score (nSPS) is 17.6. The van der Waals surface area contributed by atoms with E-state index in [1.165, 1.54) is 0 Å². The molecule has 2 rings (SSSR count). The van der Waals surface area contributed by atoms with E-state index in [9.17, 15) is 8.42 Å². The molecule has 18 heavy (non-hydrogen) atoms. The minimum Gasteiger partial charge on any atom is -0.384 e. The molecule has 1 fully saturated rings. The van der Waals surface area contributed by atoms with Gasteiger partial charge in [0, 0.05) is 31.1 Å². The van der Waals surface area contributed by atoms with Gasteiger partial charge in [0.25, 0.3) is 0 Å². The van der Waals surface area contributed by atoms with Crippen LogP contribution in [-0.2, 0) is 10.0 Å². The zero-order valence-corrected chi connectivity index (χ0v) is 12.1. The molecule has 1 aromatic carbocycles. The Morgan fingerprint density at radius 1 is 1.28 bits per heavy atom. The van der Waals surface area contributed by atoms with Crippen molar-refractivity contribution in [3.8, 4) is 0 Å². The summed E-state index contributed by atoms with van der Waals surface area (Å²) in [6, 6.07) is 7.11. The molecule has 100 valence electrons. The Labute approximate surface area is 113 Å². The number of nitrogens with one attached hydrogen (secondary N) is 1. The van der Waals surface area contributed by atoms with Gasteiger partial charge in [-0.05, 0) is 19.1 Å². The summed E-state index contributed by atoms with van der Waals surface area (Å²) in [4.78, 5) is 0.388. The Bertz CT molecular complexity index is 497. The minimum absolute atomic E-state index is 0.388. The number of anilines is 1. The van der Waals surface area contributed by atoms with Crippen LogP contribution in [0.3, 0.4) is 0 Å². The highest BCUT2D eigenvalue weighted by atomic mass is 32.2. The lowest BCUT2D eigenvalue weighted by Crippen LogP contribution is -2.38. The van der Waals surface area contributed by atoms with Crippen molar-refractivity contribution in [2.24, 2.45) is 0 Å². The van der Waals surface area contributed by atoms with E-state index in [1.807, 2.05) is 19.1 Å². The zero-order chi connectivity index (χ0) is 13.0. The Morgan fingerprint density at radius 2 is 1.94 bits per heavy atom. The first-order valence-corrected chi connectivity index (χ1v) is 8.66. The van der Waals surface area contributed by atoms with Gasteiger partial charge in [0.2, 0.25) is 10.0 Å². The SMILES string of the molecule is CCNc1ccccc1S(=O)(=O)N1CCSCC1. The van der Waals surface area contributed by atoms with Crippen LogP contribution in [0.4, 0.5) is 5.69 Å². The van der Waals surface area contributed by atoms with E-state index in [0.717, 1.165) is 11.5 Å². The molecule has 1 aliphatic heterocycles. The van der Waals surface area contributed by atoms with Crippen LogP contribution in [0, 0.1) is 0 Å². The highest BCUT2D eigenvalue weighted by molar-refractivity contribution is 7.99. The van der Waals surface area contributed by atoms with E-state index in [-0.39, 0.29) is 0 Å². The summed E-state index contributed by atoms with van der Waals surface area (Å²) in [7, 11) is -3.36. The molecule has 1 aromatic rings. The standard InChI is InChI=1S/C12H18N2O2S2/c1-2-13-11-5-3-4-6-12(11)18(15,16)14-7-9-17-10-8-14/h3-6,13H,2,7-10H2,1H3. The van der Waals surface area contributed by atoms with Crippen LogP contribution in [-0.4, -0.2) is 43.9 Å². The first-order chi connectivity index (χ1) is 8.66. The number of para-hydroxylation sites is 1. The van der Waals surface area contributed by atoms with Crippen molar-refractivity contribution in [3.05, 3.63) is 24.3 Å². The molecule has 0 unspecified atom stereocenters. The van der Waals surface area contributed by atoms with E-state index < -0.39 is 10.0 Å². The molecule has 0 amide bonds. The number of benzene rings is 1. The molecule has 0 saturated carbocycles. The van der Waals surface area contributed by atoms with Crippen LogP contribution in [0.25, 0.3) is 0 Å². The number of nitrogens with zero attached hydrogens (tertiary/aromatic N) is 1. The van der Waals surface area contributed by atoms with Crippen molar-refractivity contribution >= 4 is 27.5 Å². The van der Waals surface area contributed by atoms with Gasteiger partial charge in [0.15, 0.2) is 0 Å². The van der Waals surface area contributed by atoms with E-state index in [2.05, 4.69) is 5.32 Å². The summed E-state index contributed by atoms with van der Waals surface area (Å²) in [6.07, 6.45) is 0. The molecule has 1 saturated heterocycles. The maximum Gasteiger partial charge on any atom is 0.245 e. The van der Waals surface area contributed by atoms with Gasteiger partial charge in [-0.25, -0.2) is 8.42 Å². The summed E-state index contributed by atoms with van der Waals surface area (Å²) >= 11 is 1.80. The van der Waals surface area contributed by atoms with E-state index in [0.29, 0.717) is 30.2 Å². The topological polar surface area (TPSA) is 49.4 Å². The largest absolute Gasteiger partial charge is 0.384 e. The summed E-state index contributed by atoms with van der Waals surface area (Å²) in [5.41, 5.74) is 0.693. The molecule has 1 aliphatic rings. The fourth-order valence-corrected chi connectivity index (χ4v) is 4.70. The highest BCUT2D eigenvalue weighted by Gasteiger charge is 2.27. The first kappa shape index (κ1) is 13.7. The van der Waals surface area contributed by atoms with Crippen LogP contribution >= 0.6 is 11.8 Å². The van der Waals surface area contributed by atoms with Crippen LogP contribution < -0.4 is 5.32 Å². The number of sulfonamides is 1. The third kappa shape index (κ3) is 2.81. The van der Waals surface area contributed by atoms with Gasteiger partial charge in [0.05, 0.1) is 5.69 Å². The van der Waals surface area contributed by atoms with Gasteiger partial charge in [-0.1, -0.05) is 12.1 Å². The monoisotopic (exact) mass is 286 g/mol. The van der Waals surface area contributed by atoms with E-state index in [1.54, 1.807) is 28.2 Å². The molecular weight excluding hydrogens is 268 g/mol. The molecule has 0 bridgehead atoms. The fraction of sp³-hybridized carbons (Fsp3) is 0.500. The number of rotatable bonds is 4. The molecule has 1 heterocycles. The fourth-order valence-electron chi connectivity index (χ4n) is 1.95. The third-order valence-corrected chi connectivity index (χ3v) is 5.74. The first-order valence-electron chi connectivity index (χ1n) is 6.07. The smallest absolute Gasteiger partial charge is 0.245 e. The zero-order valence-electron chi connectivity index (χ0n) is 10.4. The van der Waals surface area contributed by atoms with Gasteiger partial charge in [-0.2, -0.15) is 16.1 Å². The maximum absolute atomic E-state index is 12.6. The summed E-state index contributed by atoms with van der Waals surface area (Å²) in [6.45, 7) is 3.88. The van der Waals surface area contributed by atoms with E-state index in [4.69, 9.17) is 0 Å². The number of hydrogen-bond donors (Lipinski definition) is 1. The number of thioether (sulfide) groups is 1. The predicted octanol–water partition coefficient (Wildman–Crippen LogP) is 1.86. The van der Waals surface area contributed by atoms with Gasteiger partial charge in [-0.15, -0.1) is 0 Å². The molecule has 6 heteroatoms. The maximum atomic E-state index is 12.6. The van der Waals surface area contributed by atoms with Crippen molar-refractivity contribution in [2.75, 3.05) is 36.5 Å². The molecule has 1 N–H and O–H groups in total. The predicted molar refractivity (Wildman–Crippen MR) is 76.7 cm³/mol. The van der Waals surface area contributed by atoms with Crippen LogP contribution in [0.1, 0.15) is 6.92 Å². The Morgan fingerprint density at radius 3 is 2.61 bits per heavy atom. The molecule has 0 aliphatic carbocycles. The molecule has 4 nitrogen and oxygen atoms in total. The minimum atomic E-state index is -3.36. The molecule has 0 aromatic heterocycles. The average molecular weight is 286 g/mol. The van der Waals surface area contributed by atoms with Gasteiger partial charge in [-0.3, -0.25) is 0 Å². The lowest BCUT2D eigenvalue weighted by Gasteiger charge is -2.26. The van der Waals surface area contributed by atoms with Crippen LogP contribution in [0.5, 0.6) is 0 Å². The van der Waals surface area contributed by atoms with Gasteiger partial charge in [0.1, 0.15) is 4.90 Å².